The number of hydrogen-bond donors (Lipinski definition) is 1. The largest absolute Gasteiger partial charge is 0.493 e. The van der Waals surface area contributed by atoms with Gasteiger partial charge in [0.05, 0.1) is 12.7 Å². The van der Waals surface area contributed by atoms with Gasteiger partial charge in [0.2, 0.25) is 0 Å². The van der Waals surface area contributed by atoms with E-state index in [1.54, 1.807) is 19.1 Å². The zero-order valence-electron chi connectivity index (χ0n) is 13.9. The molecule has 0 unspecified atom stereocenters. The van der Waals surface area contributed by atoms with Crippen LogP contribution in [0.25, 0.3) is 11.0 Å². The molecule has 1 aliphatic rings. The highest BCUT2D eigenvalue weighted by molar-refractivity contribution is 6.00. The third kappa shape index (κ3) is 2.81. The lowest BCUT2D eigenvalue weighted by Crippen LogP contribution is -2.42. The monoisotopic (exact) mass is 317 g/mol. The van der Waals surface area contributed by atoms with Crippen molar-refractivity contribution in [2.45, 2.75) is 38.2 Å². The number of amides is 1. The van der Waals surface area contributed by atoms with Crippen LogP contribution in [0.1, 0.15) is 41.8 Å². The number of benzene rings is 1. The predicted octanol–water partition coefficient (Wildman–Crippen LogP) is 3.13. The molecule has 3 rings (SSSR count). The van der Waals surface area contributed by atoms with Crippen LogP contribution < -0.4 is 4.74 Å². The van der Waals surface area contributed by atoms with Crippen LogP contribution in [0, 0.1) is 6.92 Å². The number of para-hydroxylation sites is 1. The standard InChI is InChI=1S/C18H23NO4/c1-12-13-7-6-8-14(22-3)16(13)23-15(12)17(20)19(2)11-18(21)9-4-5-10-18/h6-8,21H,4-5,9-11H2,1-3H3. The molecule has 23 heavy (non-hydrogen) atoms. The van der Waals surface area contributed by atoms with E-state index in [-0.39, 0.29) is 5.91 Å². The van der Waals surface area contributed by atoms with E-state index in [4.69, 9.17) is 9.15 Å². The number of aliphatic hydroxyl groups is 1. The Morgan fingerprint density at radius 2 is 2.09 bits per heavy atom. The SMILES string of the molecule is COc1cccc2c(C)c(C(=O)N(C)CC3(O)CCCC3)oc12. The summed E-state index contributed by atoms with van der Waals surface area (Å²) in [5.41, 5.74) is 0.625. The summed E-state index contributed by atoms with van der Waals surface area (Å²) in [4.78, 5) is 14.3. The third-order valence-corrected chi connectivity index (χ3v) is 4.75. The Morgan fingerprint density at radius 1 is 1.39 bits per heavy atom. The van der Waals surface area contributed by atoms with Crippen molar-refractivity contribution in [3.05, 3.63) is 29.5 Å². The predicted molar refractivity (Wildman–Crippen MR) is 87.9 cm³/mol. The Labute approximate surface area is 135 Å². The number of fused-ring (bicyclic) bond motifs is 1. The minimum Gasteiger partial charge on any atom is -0.493 e. The van der Waals surface area contributed by atoms with Crippen molar-refractivity contribution in [3.8, 4) is 5.75 Å². The highest BCUT2D eigenvalue weighted by atomic mass is 16.5. The van der Waals surface area contributed by atoms with E-state index in [1.807, 2.05) is 25.1 Å². The summed E-state index contributed by atoms with van der Waals surface area (Å²) in [7, 11) is 3.29. The number of methoxy groups -OCH3 is 1. The summed E-state index contributed by atoms with van der Waals surface area (Å²) in [6, 6.07) is 5.60. The van der Waals surface area contributed by atoms with E-state index in [0.717, 1.165) is 36.6 Å². The normalized spacial score (nSPS) is 16.7. The highest BCUT2D eigenvalue weighted by Gasteiger charge is 2.34. The number of aryl methyl sites for hydroxylation is 1. The second-order valence-electron chi connectivity index (χ2n) is 6.49. The number of likely N-dealkylation sites (N-methyl/N-ethyl adjacent to an activating group) is 1. The van der Waals surface area contributed by atoms with E-state index >= 15 is 0 Å². The Balaban J connectivity index is 1.90. The van der Waals surface area contributed by atoms with Crippen LogP contribution in [0.2, 0.25) is 0 Å². The molecule has 0 radical (unpaired) electrons. The van der Waals surface area contributed by atoms with Gasteiger partial charge in [0.1, 0.15) is 0 Å². The zero-order chi connectivity index (χ0) is 16.6. The maximum absolute atomic E-state index is 12.7. The number of rotatable bonds is 4. The Hall–Kier alpha value is -2.01. The van der Waals surface area contributed by atoms with E-state index in [0.29, 0.717) is 23.6 Å². The molecule has 1 amide bonds. The smallest absolute Gasteiger partial charge is 0.289 e. The molecule has 1 aromatic heterocycles. The minimum atomic E-state index is -0.762. The lowest BCUT2D eigenvalue weighted by atomic mass is 10.0. The van der Waals surface area contributed by atoms with Gasteiger partial charge in [0.25, 0.3) is 5.91 Å². The fourth-order valence-electron chi connectivity index (χ4n) is 3.46. The maximum Gasteiger partial charge on any atom is 0.289 e. The van der Waals surface area contributed by atoms with Gasteiger partial charge in [-0.25, -0.2) is 0 Å². The van der Waals surface area contributed by atoms with Gasteiger partial charge in [-0.3, -0.25) is 4.79 Å². The van der Waals surface area contributed by atoms with Crippen LogP contribution >= 0.6 is 0 Å². The topological polar surface area (TPSA) is 62.9 Å². The van der Waals surface area contributed by atoms with Crippen molar-refractivity contribution in [2.75, 3.05) is 20.7 Å². The fraction of sp³-hybridized carbons (Fsp3) is 0.500. The van der Waals surface area contributed by atoms with Gasteiger partial charge in [-0.1, -0.05) is 25.0 Å². The van der Waals surface area contributed by atoms with E-state index < -0.39 is 5.60 Å². The van der Waals surface area contributed by atoms with E-state index in [9.17, 15) is 9.90 Å². The van der Waals surface area contributed by atoms with Crippen LogP contribution in [-0.2, 0) is 0 Å². The summed E-state index contributed by atoms with van der Waals surface area (Å²) in [5, 5.41) is 11.4. The summed E-state index contributed by atoms with van der Waals surface area (Å²) in [6.07, 6.45) is 3.52. The lowest BCUT2D eigenvalue weighted by Gasteiger charge is -2.28. The number of carbonyl (C=O) groups excluding carboxylic acids is 1. The van der Waals surface area contributed by atoms with Gasteiger partial charge >= 0.3 is 0 Å². The minimum absolute atomic E-state index is 0.207. The van der Waals surface area contributed by atoms with Gasteiger partial charge in [-0.2, -0.15) is 0 Å². The second kappa shape index (κ2) is 5.89. The van der Waals surface area contributed by atoms with Crippen molar-refractivity contribution in [2.24, 2.45) is 0 Å². The third-order valence-electron chi connectivity index (χ3n) is 4.75. The summed E-state index contributed by atoms with van der Waals surface area (Å²) in [5.74, 6) is 0.719. The number of furan rings is 1. The molecule has 2 aromatic rings. The fourth-order valence-corrected chi connectivity index (χ4v) is 3.46. The molecule has 1 saturated carbocycles. The molecular weight excluding hydrogens is 294 g/mol. The number of ether oxygens (including phenoxy) is 1. The average Bonchev–Trinajstić information content (AvgIpc) is 3.10. The lowest BCUT2D eigenvalue weighted by molar-refractivity contribution is 0.0147. The molecule has 1 N–H and O–H groups in total. The van der Waals surface area contributed by atoms with Crippen molar-refractivity contribution in [1.82, 2.24) is 4.90 Å². The maximum atomic E-state index is 12.7. The van der Waals surface area contributed by atoms with Gasteiger partial charge in [-0.05, 0) is 25.8 Å². The van der Waals surface area contributed by atoms with Gasteiger partial charge in [0, 0.05) is 24.5 Å². The number of nitrogens with zero attached hydrogens (tertiary/aromatic N) is 1. The summed E-state index contributed by atoms with van der Waals surface area (Å²) >= 11 is 0. The van der Waals surface area contributed by atoms with Gasteiger partial charge in [-0.15, -0.1) is 0 Å². The van der Waals surface area contributed by atoms with Crippen LogP contribution in [0.5, 0.6) is 5.75 Å². The van der Waals surface area contributed by atoms with Crippen LogP contribution in [0.15, 0.2) is 22.6 Å². The summed E-state index contributed by atoms with van der Waals surface area (Å²) in [6.45, 7) is 2.20. The van der Waals surface area contributed by atoms with Crippen LogP contribution in [-0.4, -0.2) is 42.2 Å². The number of carbonyl (C=O) groups is 1. The van der Waals surface area contributed by atoms with Crippen molar-refractivity contribution >= 4 is 16.9 Å². The molecule has 5 heteroatoms. The van der Waals surface area contributed by atoms with Crippen molar-refractivity contribution in [3.63, 3.8) is 0 Å². The molecular formula is C18H23NO4. The van der Waals surface area contributed by atoms with E-state index in [1.165, 1.54) is 0 Å². The molecule has 1 fully saturated rings. The number of hydrogen-bond acceptors (Lipinski definition) is 4. The Kier molecular flexibility index (Phi) is 4.06. The molecule has 1 aromatic carbocycles. The molecule has 1 heterocycles. The highest BCUT2D eigenvalue weighted by Crippen LogP contribution is 2.34. The first-order valence-corrected chi connectivity index (χ1v) is 7.99. The average molecular weight is 317 g/mol. The first kappa shape index (κ1) is 15.9. The Bertz CT molecular complexity index is 728. The first-order valence-electron chi connectivity index (χ1n) is 7.99. The molecule has 0 atom stereocenters. The molecule has 0 aliphatic heterocycles. The summed E-state index contributed by atoms with van der Waals surface area (Å²) < 4.78 is 11.1. The molecule has 1 aliphatic carbocycles. The van der Waals surface area contributed by atoms with Gasteiger partial charge < -0.3 is 19.2 Å². The molecule has 0 spiro atoms. The quantitative estimate of drug-likeness (QED) is 0.941. The molecule has 0 bridgehead atoms. The molecule has 124 valence electrons. The van der Waals surface area contributed by atoms with Crippen molar-refractivity contribution in [1.29, 1.82) is 0 Å². The van der Waals surface area contributed by atoms with Crippen molar-refractivity contribution < 1.29 is 19.1 Å². The second-order valence-corrected chi connectivity index (χ2v) is 6.49. The van der Waals surface area contributed by atoms with Crippen LogP contribution in [0.4, 0.5) is 0 Å². The van der Waals surface area contributed by atoms with Gasteiger partial charge in [0.15, 0.2) is 17.1 Å². The van der Waals surface area contributed by atoms with Crippen LogP contribution in [0.3, 0.4) is 0 Å². The molecule has 5 nitrogen and oxygen atoms in total. The van der Waals surface area contributed by atoms with E-state index in [2.05, 4.69) is 0 Å². The molecule has 0 saturated heterocycles. The first-order chi connectivity index (χ1) is 10.9. The zero-order valence-corrected chi connectivity index (χ0v) is 13.9. The Morgan fingerprint density at radius 3 is 2.74 bits per heavy atom.